The molecule has 0 saturated carbocycles. The quantitative estimate of drug-likeness (QED) is 0.377. The number of amides is 1. The van der Waals surface area contributed by atoms with Crippen molar-refractivity contribution in [3.63, 3.8) is 0 Å². The fourth-order valence-electron chi connectivity index (χ4n) is 3.36. The molecule has 7 nitrogen and oxygen atoms in total. The van der Waals surface area contributed by atoms with E-state index < -0.39 is 5.41 Å². The number of nitrogens with one attached hydrogen (secondary N) is 3. The summed E-state index contributed by atoms with van der Waals surface area (Å²) in [5, 5.41) is 9.81. The molecule has 2 aromatic carbocycles. The lowest BCUT2D eigenvalue weighted by Gasteiger charge is -2.28. The highest BCUT2D eigenvalue weighted by Gasteiger charge is 2.22. The van der Waals surface area contributed by atoms with Crippen molar-refractivity contribution in [2.24, 2.45) is 5.41 Å². The zero-order valence-electron chi connectivity index (χ0n) is 19.6. The molecule has 1 amide bonds. The van der Waals surface area contributed by atoms with Gasteiger partial charge in [-0.3, -0.25) is 4.79 Å². The van der Waals surface area contributed by atoms with Crippen LogP contribution in [0.25, 0.3) is 0 Å². The van der Waals surface area contributed by atoms with E-state index in [0.29, 0.717) is 28.2 Å². The summed E-state index contributed by atoms with van der Waals surface area (Å²) >= 11 is 8.37. The summed E-state index contributed by atoms with van der Waals surface area (Å²) in [6, 6.07) is 15.7. The van der Waals surface area contributed by atoms with Crippen LogP contribution < -0.4 is 20.9 Å². The molecule has 3 N–H and O–H groups in total. The van der Waals surface area contributed by atoms with Crippen molar-refractivity contribution in [1.82, 2.24) is 9.97 Å². The van der Waals surface area contributed by atoms with E-state index in [0.717, 1.165) is 30.3 Å². The number of anilines is 6. The van der Waals surface area contributed by atoms with Gasteiger partial charge in [-0.2, -0.15) is 16.7 Å². The van der Waals surface area contributed by atoms with Gasteiger partial charge in [0, 0.05) is 41.4 Å². The first-order chi connectivity index (χ1) is 16.3. The monoisotopic (exact) mass is 496 g/mol. The number of para-hydroxylation sites is 2. The second-order valence-corrected chi connectivity index (χ2v) is 10.7. The SMILES string of the molecule is CC(C)(C)C(=O)Nc1ccccc1Nc1nc(Nc2ccc(N3CCSCC3)cc2)ncc1Cl. The Balaban J connectivity index is 1.48. The maximum atomic E-state index is 12.5. The topological polar surface area (TPSA) is 82.2 Å². The van der Waals surface area contributed by atoms with Gasteiger partial charge in [-0.05, 0) is 36.4 Å². The number of hydrogen-bond donors (Lipinski definition) is 3. The van der Waals surface area contributed by atoms with E-state index in [1.165, 1.54) is 5.69 Å². The summed E-state index contributed by atoms with van der Waals surface area (Å²) in [6.45, 7) is 7.76. The zero-order chi connectivity index (χ0) is 24.1. The van der Waals surface area contributed by atoms with Crippen molar-refractivity contribution in [2.75, 3.05) is 45.4 Å². The summed E-state index contributed by atoms with van der Waals surface area (Å²) in [5.74, 6) is 3.11. The van der Waals surface area contributed by atoms with Crippen molar-refractivity contribution < 1.29 is 4.79 Å². The van der Waals surface area contributed by atoms with Crippen LogP contribution in [-0.4, -0.2) is 40.5 Å². The Morgan fingerprint density at radius 3 is 2.35 bits per heavy atom. The van der Waals surface area contributed by atoms with E-state index >= 15 is 0 Å². The molecule has 1 aromatic heterocycles. The van der Waals surface area contributed by atoms with E-state index in [1.54, 1.807) is 6.20 Å². The number of aromatic nitrogens is 2. The van der Waals surface area contributed by atoms with Crippen LogP contribution in [-0.2, 0) is 4.79 Å². The molecule has 178 valence electrons. The van der Waals surface area contributed by atoms with Gasteiger partial charge < -0.3 is 20.9 Å². The fourth-order valence-corrected chi connectivity index (χ4v) is 4.40. The Morgan fingerprint density at radius 1 is 1.00 bits per heavy atom. The molecule has 1 saturated heterocycles. The average molecular weight is 497 g/mol. The predicted octanol–water partition coefficient (Wildman–Crippen LogP) is 6.16. The van der Waals surface area contributed by atoms with Gasteiger partial charge in [-0.1, -0.05) is 44.5 Å². The molecule has 0 aliphatic carbocycles. The largest absolute Gasteiger partial charge is 0.370 e. The first kappa shape index (κ1) is 24.2. The molecule has 2 heterocycles. The van der Waals surface area contributed by atoms with Crippen LogP contribution in [0.3, 0.4) is 0 Å². The third-order valence-electron chi connectivity index (χ3n) is 5.35. The molecular formula is C25H29ClN6OS. The minimum absolute atomic E-state index is 0.0790. The van der Waals surface area contributed by atoms with E-state index in [9.17, 15) is 4.79 Å². The van der Waals surface area contributed by atoms with E-state index in [1.807, 2.05) is 68.9 Å². The van der Waals surface area contributed by atoms with Gasteiger partial charge in [0.25, 0.3) is 0 Å². The van der Waals surface area contributed by atoms with Crippen LogP contribution >= 0.6 is 23.4 Å². The van der Waals surface area contributed by atoms with Gasteiger partial charge in [-0.25, -0.2) is 4.98 Å². The van der Waals surface area contributed by atoms with Crippen molar-refractivity contribution in [1.29, 1.82) is 0 Å². The summed E-state index contributed by atoms with van der Waals surface area (Å²) in [5.41, 5.74) is 2.94. The second-order valence-electron chi connectivity index (χ2n) is 9.04. The van der Waals surface area contributed by atoms with Gasteiger partial charge in [-0.15, -0.1) is 0 Å². The standard InChI is InChI=1S/C25H29ClN6OS/c1-25(2,3)23(33)30-21-7-5-4-6-20(21)29-22-19(26)16-27-24(31-22)28-17-8-10-18(11-9-17)32-12-14-34-15-13-32/h4-11,16H,12-15H2,1-3H3,(H,30,33)(H2,27,28,29,31). The summed E-state index contributed by atoms with van der Waals surface area (Å²) in [7, 11) is 0. The van der Waals surface area contributed by atoms with E-state index in [2.05, 4.69) is 43.0 Å². The van der Waals surface area contributed by atoms with Gasteiger partial charge >= 0.3 is 0 Å². The van der Waals surface area contributed by atoms with Gasteiger partial charge in [0.05, 0.1) is 17.6 Å². The Kier molecular flexibility index (Phi) is 7.48. The molecule has 0 radical (unpaired) electrons. The first-order valence-corrected chi connectivity index (χ1v) is 12.7. The minimum Gasteiger partial charge on any atom is -0.370 e. The van der Waals surface area contributed by atoms with Crippen LogP contribution in [0.2, 0.25) is 5.02 Å². The number of benzene rings is 2. The Labute approximate surface area is 209 Å². The molecule has 1 aliphatic rings. The Morgan fingerprint density at radius 2 is 1.68 bits per heavy atom. The number of carbonyl (C=O) groups is 1. The molecule has 1 aliphatic heterocycles. The van der Waals surface area contributed by atoms with Crippen molar-refractivity contribution >= 4 is 63.8 Å². The Bertz CT molecular complexity index is 1140. The van der Waals surface area contributed by atoms with E-state index in [4.69, 9.17) is 11.6 Å². The lowest BCUT2D eigenvalue weighted by atomic mass is 9.95. The number of nitrogens with zero attached hydrogens (tertiary/aromatic N) is 3. The van der Waals surface area contributed by atoms with Crippen LogP contribution in [0.1, 0.15) is 20.8 Å². The number of halogens is 1. The van der Waals surface area contributed by atoms with Crippen molar-refractivity contribution in [3.8, 4) is 0 Å². The molecule has 1 fully saturated rings. The molecule has 0 atom stereocenters. The van der Waals surface area contributed by atoms with Crippen LogP contribution in [0.5, 0.6) is 0 Å². The first-order valence-electron chi connectivity index (χ1n) is 11.2. The molecule has 9 heteroatoms. The number of thioether (sulfide) groups is 1. The lowest BCUT2D eigenvalue weighted by molar-refractivity contribution is -0.123. The summed E-state index contributed by atoms with van der Waals surface area (Å²) < 4.78 is 0. The maximum Gasteiger partial charge on any atom is 0.229 e. The van der Waals surface area contributed by atoms with Crippen LogP contribution in [0.15, 0.2) is 54.7 Å². The minimum atomic E-state index is -0.515. The molecule has 0 unspecified atom stereocenters. The third kappa shape index (κ3) is 6.12. The average Bonchev–Trinajstić information content (AvgIpc) is 2.83. The summed E-state index contributed by atoms with van der Waals surface area (Å²) in [6.07, 6.45) is 1.55. The Hall–Kier alpha value is -2.97. The molecule has 4 rings (SSSR count). The molecule has 34 heavy (non-hydrogen) atoms. The lowest BCUT2D eigenvalue weighted by Crippen LogP contribution is -2.32. The van der Waals surface area contributed by atoms with Gasteiger partial charge in [0.2, 0.25) is 11.9 Å². The molecular weight excluding hydrogens is 468 g/mol. The molecule has 0 spiro atoms. The predicted molar refractivity (Wildman–Crippen MR) is 144 cm³/mol. The van der Waals surface area contributed by atoms with Gasteiger partial charge in [0.15, 0.2) is 5.82 Å². The molecule has 3 aromatic rings. The highest BCUT2D eigenvalue weighted by atomic mass is 35.5. The maximum absolute atomic E-state index is 12.5. The van der Waals surface area contributed by atoms with Crippen molar-refractivity contribution in [3.05, 3.63) is 59.8 Å². The summed E-state index contributed by atoms with van der Waals surface area (Å²) in [4.78, 5) is 23.8. The van der Waals surface area contributed by atoms with E-state index in [-0.39, 0.29) is 5.91 Å². The number of carbonyl (C=O) groups excluding carboxylic acids is 1. The molecule has 0 bridgehead atoms. The third-order valence-corrected chi connectivity index (χ3v) is 6.57. The smallest absolute Gasteiger partial charge is 0.229 e. The number of rotatable bonds is 6. The zero-order valence-corrected chi connectivity index (χ0v) is 21.1. The van der Waals surface area contributed by atoms with Crippen LogP contribution in [0, 0.1) is 5.41 Å². The second kappa shape index (κ2) is 10.5. The van der Waals surface area contributed by atoms with Crippen LogP contribution in [0.4, 0.5) is 34.5 Å². The normalized spacial score (nSPS) is 13.9. The highest BCUT2D eigenvalue weighted by Crippen LogP contribution is 2.30. The highest BCUT2D eigenvalue weighted by molar-refractivity contribution is 7.99. The fraction of sp³-hybridized carbons (Fsp3) is 0.320. The van der Waals surface area contributed by atoms with Crippen molar-refractivity contribution in [2.45, 2.75) is 20.8 Å². The van der Waals surface area contributed by atoms with Gasteiger partial charge in [0.1, 0.15) is 5.02 Å². The number of hydrogen-bond acceptors (Lipinski definition) is 7.